The number of hydrogen-bond acceptors (Lipinski definition) is 5. The van der Waals surface area contributed by atoms with Gasteiger partial charge in [0.05, 0.1) is 10.2 Å². The molecule has 4 nitrogen and oxygen atoms in total. The fourth-order valence-electron chi connectivity index (χ4n) is 5.37. The van der Waals surface area contributed by atoms with Crippen LogP contribution in [0.25, 0.3) is 76.9 Å². The highest BCUT2D eigenvalue weighted by Gasteiger charge is 2.14. The minimum Gasteiger partial charge on any atom is -0.235 e. The lowest BCUT2D eigenvalue weighted by molar-refractivity contribution is 1.07. The molecule has 2 aromatic heterocycles. The molecule has 0 spiro atoms. The van der Waals surface area contributed by atoms with E-state index in [2.05, 4.69) is 78.9 Å². The Morgan fingerprint density at radius 2 is 0.884 bits per heavy atom. The third-order valence-corrected chi connectivity index (χ3v) is 8.62. The van der Waals surface area contributed by atoms with Crippen LogP contribution >= 0.6 is 11.3 Å². The first-order valence-corrected chi connectivity index (χ1v) is 15.0. The van der Waals surface area contributed by atoms with Crippen molar-refractivity contribution < 1.29 is 0 Å². The average molecular weight is 569 g/mol. The molecule has 0 aliphatic heterocycles. The number of benzene rings is 6. The fraction of sp³-hybridized carbons (Fsp3) is 0. The van der Waals surface area contributed by atoms with E-state index < -0.39 is 0 Å². The molecule has 0 saturated heterocycles. The highest BCUT2D eigenvalue weighted by molar-refractivity contribution is 7.21. The molecular formula is C38H24N4S. The summed E-state index contributed by atoms with van der Waals surface area (Å²) in [4.78, 5) is 19.8. The van der Waals surface area contributed by atoms with Crippen molar-refractivity contribution in [2.75, 3.05) is 0 Å². The Balaban J connectivity index is 1.24. The molecule has 43 heavy (non-hydrogen) atoms. The zero-order valence-corrected chi connectivity index (χ0v) is 23.9. The molecule has 0 saturated carbocycles. The summed E-state index contributed by atoms with van der Waals surface area (Å²) in [7, 11) is 0. The molecule has 0 aliphatic rings. The third-order valence-electron chi connectivity index (χ3n) is 7.55. The maximum absolute atomic E-state index is 5.08. The van der Waals surface area contributed by atoms with Crippen LogP contribution in [0.1, 0.15) is 0 Å². The zero-order chi connectivity index (χ0) is 28.6. The predicted octanol–water partition coefficient (Wildman–Crippen LogP) is 9.97. The summed E-state index contributed by atoms with van der Waals surface area (Å²) in [6.45, 7) is 0. The lowest BCUT2D eigenvalue weighted by atomic mass is 9.99. The maximum Gasteiger partial charge on any atom is 0.164 e. The highest BCUT2D eigenvalue weighted by atomic mass is 32.1. The van der Waals surface area contributed by atoms with Crippen molar-refractivity contribution in [3.63, 3.8) is 0 Å². The molecule has 0 N–H and O–H groups in total. The van der Waals surface area contributed by atoms with Gasteiger partial charge in [-0.15, -0.1) is 11.3 Å². The van der Waals surface area contributed by atoms with E-state index in [0.717, 1.165) is 49.3 Å². The second-order valence-electron chi connectivity index (χ2n) is 10.4. The first kappa shape index (κ1) is 25.2. The van der Waals surface area contributed by atoms with E-state index in [-0.39, 0.29) is 0 Å². The number of rotatable bonds is 5. The van der Waals surface area contributed by atoms with Crippen LogP contribution in [0.2, 0.25) is 0 Å². The molecule has 0 aliphatic carbocycles. The fourth-order valence-corrected chi connectivity index (χ4v) is 6.36. The topological polar surface area (TPSA) is 51.6 Å². The quantitative estimate of drug-likeness (QED) is 0.207. The molecule has 2 heterocycles. The van der Waals surface area contributed by atoms with Gasteiger partial charge >= 0.3 is 0 Å². The van der Waals surface area contributed by atoms with Crippen LogP contribution in [0.5, 0.6) is 0 Å². The van der Waals surface area contributed by atoms with Crippen LogP contribution in [0.3, 0.4) is 0 Å². The van der Waals surface area contributed by atoms with Crippen LogP contribution in [-0.2, 0) is 0 Å². The Morgan fingerprint density at radius 3 is 1.53 bits per heavy atom. The molecule has 0 radical (unpaired) electrons. The summed E-state index contributed by atoms with van der Waals surface area (Å²) in [5.74, 6) is 1.95. The monoisotopic (exact) mass is 568 g/mol. The van der Waals surface area contributed by atoms with E-state index in [1.165, 1.54) is 10.1 Å². The average Bonchev–Trinajstić information content (AvgIpc) is 3.54. The minimum atomic E-state index is 0.643. The number of nitrogens with zero attached hydrogens (tertiary/aromatic N) is 4. The van der Waals surface area contributed by atoms with Crippen molar-refractivity contribution in [1.29, 1.82) is 0 Å². The van der Waals surface area contributed by atoms with Gasteiger partial charge < -0.3 is 0 Å². The van der Waals surface area contributed by atoms with E-state index in [0.29, 0.717) is 17.5 Å². The molecule has 202 valence electrons. The Bertz CT molecular complexity index is 2170. The lowest BCUT2D eigenvalue weighted by Crippen LogP contribution is -2.00. The van der Waals surface area contributed by atoms with Crippen molar-refractivity contribution in [3.05, 3.63) is 146 Å². The Morgan fingerprint density at radius 1 is 0.372 bits per heavy atom. The van der Waals surface area contributed by atoms with Gasteiger partial charge in [0, 0.05) is 27.6 Å². The van der Waals surface area contributed by atoms with Crippen molar-refractivity contribution in [3.8, 4) is 55.9 Å². The van der Waals surface area contributed by atoms with E-state index in [4.69, 9.17) is 19.9 Å². The Kier molecular flexibility index (Phi) is 6.28. The van der Waals surface area contributed by atoms with E-state index >= 15 is 0 Å². The van der Waals surface area contributed by atoms with Gasteiger partial charge in [-0.25, -0.2) is 19.9 Å². The summed E-state index contributed by atoms with van der Waals surface area (Å²) < 4.78 is 1.18. The zero-order valence-electron chi connectivity index (χ0n) is 23.1. The molecular weight excluding hydrogens is 545 g/mol. The van der Waals surface area contributed by atoms with Gasteiger partial charge in [0.2, 0.25) is 0 Å². The molecule has 8 rings (SSSR count). The molecule has 0 fully saturated rings. The van der Waals surface area contributed by atoms with Gasteiger partial charge in [0.15, 0.2) is 17.5 Å². The van der Waals surface area contributed by atoms with Gasteiger partial charge in [-0.1, -0.05) is 127 Å². The van der Waals surface area contributed by atoms with E-state index in [1.54, 1.807) is 11.3 Å². The third kappa shape index (κ3) is 4.86. The van der Waals surface area contributed by atoms with Crippen molar-refractivity contribution in [1.82, 2.24) is 19.9 Å². The lowest BCUT2D eigenvalue weighted by Gasteiger charge is -2.10. The number of thiazole rings is 1. The van der Waals surface area contributed by atoms with Crippen LogP contribution in [0, 0.1) is 0 Å². The first-order chi connectivity index (χ1) is 21.3. The smallest absolute Gasteiger partial charge is 0.164 e. The standard InChI is InChI=1S/C38H24N4S/c1-4-11-26(12-5-1)35-40-36(27-13-6-2-7-14-27)42-37(41-35)31-18-10-17-29(23-31)30-20-19-25-21-22-33-34(32(25)24-30)39-38(43-33)28-15-8-3-9-16-28/h1-24H. The number of fused-ring (bicyclic) bond motifs is 3. The van der Waals surface area contributed by atoms with Crippen molar-refractivity contribution >= 4 is 32.3 Å². The Labute approximate surface area is 253 Å². The van der Waals surface area contributed by atoms with E-state index in [1.807, 2.05) is 66.7 Å². The minimum absolute atomic E-state index is 0.643. The van der Waals surface area contributed by atoms with Crippen LogP contribution in [-0.4, -0.2) is 19.9 Å². The van der Waals surface area contributed by atoms with Gasteiger partial charge in [-0.2, -0.15) is 0 Å². The van der Waals surface area contributed by atoms with Gasteiger partial charge in [-0.3, -0.25) is 0 Å². The molecule has 8 aromatic rings. The predicted molar refractivity (Wildman–Crippen MR) is 178 cm³/mol. The SMILES string of the molecule is c1ccc(-c2nc(-c3ccccc3)nc(-c3cccc(-c4ccc5ccc6sc(-c7ccccc7)nc6c5c4)c3)n2)cc1. The molecule has 0 atom stereocenters. The summed E-state index contributed by atoms with van der Waals surface area (Å²) in [6, 6.07) is 49.9. The van der Waals surface area contributed by atoms with Gasteiger partial charge in [-0.05, 0) is 34.7 Å². The summed E-state index contributed by atoms with van der Waals surface area (Å²) in [6.07, 6.45) is 0. The second kappa shape index (κ2) is 10.7. The molecule has 5 heteroatoms. The molecule has 0 unspecified atom stereocenters. The largest absolute Gasteiger partial charge is 0.235 e. The second-order valence-corrected chi connectivity index (χ2v) is 11.4. The van der Waals surface area contributed by atoms with E-state index in [9.17, 15) is 0 Å². The summed E-state index contributed by atoms with van der Waals surface area (Å²) in [5, 5.41) is 3.36. The highest BCUT2D eigenvalue weighted by Crippen LogP contribution is 2.36. The molecule has 0 bridgehead atoms. The first-order valence-electron chi connectivity index (χ1n) is 14.1. The maximum atomic E-state index is 5.08. The van der Waals surface area contributed by atoms with Crippen LogP contribution in [0.4, 0.5) is 0 Å². The van der Waals surface area contributed by atoms with Gasteiger partial charge in [0.1, 0.15) is 5.01 Å². The van der Waals surface area contributed by atoms with Crippen LogP contribution < -0.4 is 0 Å². The van der Waals surface area contributed by atoms with Gasteiger partial charge in [0.25, 0.3) is 0 Å². The number of aromatic nitrogens is 4. The summed E-state index contributed by atoms with van der Waals surface area (Å²) >= 11 is 1.73. The van der Waals surface area contributed by atoms with Crippen molar-refractivity contribution in [2.45, 2.75) is 0 Å². The van der Waals surface area contributed by atoms with Crippen molar-refractivity contribution in [2.24, 2.45) is 0 Å². The Hall–Kier alpha value is -5.52. The number of hydrogen-bond donors (Lipinski definition) is 0. The normalized spacial score (nSPS) is 11.3. The molecule has 6 aromatic carbocycles. The molecule has 0 amide bonds. The van der Waals surface area contributed by atoms with Crippen LogP contribution in [0.15, 0.2) is 146 Å². The summed E-state index contributed by atoms with van der Waals surface area (Å²) in [5.41, 5.74) is 7.24.